The molecule has 2 N–H and O–H groups in total. The molecule has 4 rings (SSSR count). The van der Waals surface area contributed by atoms with E-state index in [0.717, 1.165) is 40.3 Å². The van der Waals surface area contributed by atoms with Crippen molar-refractivity contribution in [3.05, 3.63) is 71.7 Å². The zero-order chi connectivity index (χ0) is 17.9. The van der Waals surface area contributed by atoms with Crippen molar-refractivity contribution >= 4 is 11.6 Å². The van der Waals surface area contributed by atoms with Crippen LogP contribution in [0.4, 0.5) is 5.69 Å². The van der Waals surface area contributed by atoms with Gasteiger partial charge in [-0.3, -0.25) is 9.78 Å². The fourth-order valence-electron chi connectivity index (χ4n) is 3.00. The van der Waals surface area contributed by atoms with Gasteiger partial charge in [-0.2, -0.15) is 10.2 Å². The lowest BCUT2D eigenvalue weighted by molar-refractivity contribution is 0.0946. The number of nitrogens with one attached hydrogen (secondary N) is 2. The van der Waals surface area contributed by atoms with E-state index in [-0.39, 0.29) is 11.9 Å². The molecule has 1 aliphatic rings. The van der Waals surface area contributed by atoms with E-state index in [1.807, 2.05) is 55.5 Å². The quantitative estimate of drug-likeness (QED) is 0.694. The number of carbonyl (C=O) groups excluding carboxylic acids is 1. The first-order valence-electron chi connectivity index (χ1n) is 8.63. The Morgan fingerprint density at radius 2 is 2.00 bits per heavy atom. The number of aromatic amines is 1. The highest BCUT2D eigenvalue weighted by Gasteiger charge is 2.20. The van der Waals surface area contributed by atoms with E-state index in [1.165, 1.54) is 0 Å². The van der Waals surface area contributed by atoms with Gasteiger partial charge < -0.3 is 10.3 Å². The average Bonchev–Trinajstić information content (AvgIpc) is 3.13. The fourth-order valence-corrected chi connectivity index (χ4v) is 3.00. The number of aromatic nitrogens is 2. The van der Waals surface area contributed by atoms with Gasteiger partial charge in [0.2, 0.25) is 0 Å². The van der Waals surface area contributed by atoms with Crippen LogP contribution in [0.3, 0.4) is 0 Å². The Morgan fingerprint density at radius 1 is 1.15 bits per heavy atom. The molecule has 3 heterocycles. The van der Waals surface area contributed by atoms with E-state index >= 15 is 0 Å². The van der Waals surface area contributed by atoms with Crippen molar-refractivity contribution in [2.45, 2.75) is 19.4 Å². The van der Waals surface area contributed by atoms with Crippen molar-refractivity contribution in [2.24, 2.45) is 10.2 Å². The highest BCUT2D eigenvalue weighted by molar-refractivity contribution is 5.97. The molecule has 0 radical (unpaired) electrons. The minimum Gasteiger partial charge on any atom is -0.358 e. The smallest absolute Gasteiger partial charge is 0.253 e. The van der Waals surface area contributed by atoms with Crippen LogP contribution in [0.1, 0.15) is 34.7 Å². The Bertz CT molecular complexity index is 961. The van der Waals surface area contributed by atoms with E-state index in [2.05, 4.69) is 25.5 Å². The van der Waals surface area contributed by atoms with Crippen LogP contribution >= 0.6 is 0 Å². The van der Waals surface area contributed by atoms with Crippen LogP contribution in [0.15, 0.2) is 65.0 Å². The first kappa shape index (κ1) is 16.2. The molecular formula is C20H19N5O. The molecule has 1 atom stereocenters. The van der Waals surface area contributed by atoms with Crippen LogP contribution in [-0.2, 0) is 6.42 Å². The summed E-state index contributed by atoms with van der Waals surface area (Å²) in [6.07, 6.45) is 2.58. The summed E-state index contributed by atoms with van der Waals surface area (Å²) in [5, 5.41) is 11.5. The molecule has 6 heteroatoms. The monoisotopic (exact) mass is 345 g/mol. The van der Waals surface area contributed by atoms with Gasteiger partial charge >= 0.3 is 0 Å². The maximum atomic E-state index is 12.0. The van der Waals surface area contributed by atoms with Crippen LogP contribution in [-0.4, -0.2) is 22.4 Å². The highest BCUT2D eigenvalue weighted by atomic mass is 16.1. The molecule has 6 nitrogen and oxygen atoms in total. The molecule has 3 aromatic rings. The Hall–Kier alpha value is -3.28. The summed E-state index contributed by atoms with van der Waals surface area (Å²) in [6, 6.07) is 15.3. The summed E-state index contributed by atoms with van der Waals surface area (Å²) < 4.78 is 0. The molecule has 0 spiro atoms. The molecule has 0 bridgehead atoms. The Morgan fingerprint density at radius 3 is 2.81 bits per heavy atom. The second-order valence-electron chi connectivity index (χ2n) is 6.28. The number of fused-ring (bicyclic) bond motifs is 1. The summed E-state index contributed by atoms with van der Waals surface area (Å²) in [6.45, 7) is 2.63. The van der Waals surface area contributed by atoms with E-state index < -0.39 is 0 Å². The van der Waals surface area contributed by atoms with Crippen molar-refractivity contribution in [2.75, 3.05) is 6.54 Å². The first-order valence-corrected chi connectivity index (χ1v) is 8.63. The number of carbonyl (C=O) groups is 1. The minimum absolute atomic E-state index is 0.0203. The van der Waals surface area contributed by atoms with E-state index in [0.29, 0.717) is 6.54 Å². The Labute approximate surface area is 151 Å². The second-order valence-corrected chi connectivity index (χ2v) is 6.28. The number of amides is 1. The van der Waals surface area contributed by atoms with Crippen LogP contribution in [0, 0.1) is 0 Å². The van der Waals surface area contributed by atoms with Crippen LogP contribution in [0.25, 0.3) is 11.3 Å². The summed E-state index contributed by atoms with van der Waals surface area (Å²) in [7, 11) is 0. The molecule has 0 fully saturated rings. The molecule has 1 aliphatic heterocycles. The van der Waals surface area contributed by atoms with Crippen LogP contribution < -0.4 is 5.32 Å². The number of azo groups is 1. The van der Waals surface area contributed by atoms with Gasteiger partial charge in [-0.05, 0) is 37.3 Å². The Kier molecular flexibility index (Phi) is 4.31. The minimum atomic E-state index is -0.164. The van der Waals surface area contributed by atoms with Gasteiger partial charge in [0.25, 0.3) is 5.91 Å². The third-order valence-corrected chi connectivity index (χ3v) is 4.43. The third-order valence-electron chi connectivity index (χ3n) is 4.43. The lowest BCUT2D eigenvalue weighted by atomic mass is 10.1. The van der Waals surface area contributed by atoms with Crippen LogP contribution in [0.5, 0.6) is 0 Å². The average molecular weight is 345 g/mol. The summed E-state index contributed by atoms with van der Waals surface area (Å²) in [5.74, 6) is -0.0203. The number of hydrogen-bond donors (Lipinski definition) is 2. The van der Waals surface area contributed by atoms with Crippen molar-refractivity contribution in [1.82, 2.24) is 15.3 Å². The molecule has 0 saturated carbocycles. The van der Waals surface area contributed by atoms with Crippen molar-refractivity contribution in [3.63, 3.8) is 0 Å². The van der Waals surface area contributed by atoms with Crippen LogP contribution in [0.2, 0.25) is 0 Å². The molecule has 0 aliphatic carbocycles. The molecule has 130 valence electrons. The fraction of sp³-hybridized carbons (Fsp3) is 0.200. The SMILES string of the molecule is CC(N=Nc1ccccc1)c1cc(-c2cc3c([nH]2)CCNC3=O)ccn1. The van der Waals surface area contributed by atoms with Crippen molar-refractivity contribution in [3.8, 4) is 11.3 Å². The van der Waals surface area contributed by atoms with Gasteiger partial charge in [0, 0.05) is 36.1 Å². The standard InChI is InChI=1S/C20H19N5O/c1-13(24-25-15-5-3-2-4-6-15)18-11-14(7-9-21-18)19-12-16-17(23-19)8-10-22-20(16)26/h2-7,9,11-13,23H,8,10H2,1H3,(H,22,26). The number of nitrogens with zero attached hydrogens (tertiary/aromatic N) is 3. The number of benzene rings is 1. The second kappa shape index (κ2) is 6.92. The van der Waals surface area contributed by atoms with E-state index in [9.17, 15) is 4.79 Å². The zero-order valence-corrected chi connectivity index (χ0v) is 14.4. The predicted octanol–water partition coefficient (Wildman–Crippen LogP) is 4.21. The van der Waals surface area contributed by atoms with Gasteiger partial charge in [-0.25, -0.2) is 0 Å². The lowest BCUT2D eigenvalue weighted by Crippen LogP contribution is -2.31. The highest BCUT2D eigenvalue weighted by Crippen LogP contribution is 2.26. The van der Waals surface area contributed by atoms with E-state index in [1.54, 1.807) is 6.20 Å². The normalized spacial score (nSPS) is 14.9. The first-order chi connectivity index (χ1) is 12.7. The zero-order valence-electron chi connectivity index (χ0n) is 14.4. The molecule has 2 aromatic heterocycles. The van der Waals surface area contributed by atoms with Gasteiger partial charge in [0.05, 0.1) is 16.9 Å². The van der Waals surface area contributed by atoms with E-state index in [4.69, 9.17) is 0 Å². The Balaban J connectivity index is 1.59. The summed E-state index contributed by atoms with van der Waals surface area (Å²) in [4.78, 5) is 19.7. The van der Waals surface area contributed by atoms with Gasteiger partial charge in [-0.15, -0.1) is 0 Å². The molecule has 1 aromatic carbocycles. The molecule has 1 unspecified atom stereocenters. The summed E-state index contributed by atoms with van der Waals surface area (Å²) >= 11 is 0. The number of H-pyrrole nitrogens is 1. The predicted molar refractivity (Wildman–Crippen MR) is 99.4 cm³/mol. The lowest BCUT2D eigenvalue weighted by Gasteiger charge is -2.11. The van der Waals surface area contributed by atoms with Crippen molar-refractivity contribution in [1.29, 1.82) is 0 Å². The van der Waals surface area contributed by atoms with Gasteiger partial charge in [-0.1, -0.05) is 18.2 Å². The molecule has 0 saturated heterocycles. The third kappa shape index (κ3) is 3.26. The molecule has 26 heavy (non-hydrogen) atoms. The maximum absolute atomic E-state index is 12.0. The topological polar surface area (TPSA) is 82.5 Å². The molecule has 1 amide bonds. The maximum Gasteiger partial charge on any atom is 0.253 e. The number of rotatable bonds is 4. The van der Waals surface area contributed by atoms with Gasteiger partial charge in [0.1, 0.15) is 6.04 Å². The van der Waals surface area contributed by atoms with Crippen molar-refractivity contribution < 1.29 is 4.79 Å². The molecular weight excluding hydrogens is 326 g/mol. The summed E-state index contributed by atoms with van der Waals surface area (Å²) in [5.41, 5.74) is 5.26. The number of pyridine rings is 1. The van der Waals surface area contributed by atoms with Gasteiger partial charge in [0.15, 0.2) is 0 Å². The number of hydrogen-bond acceptors (Lipinski definition) is 4. The largest absolute Gasteiger partial charge is 0.358 e.